The highest BCUT2D eigenvalue weighted by molar-refractivity contribution is 6.03. The minimum absolute atomic E-state index is 0.0146. The van der Waals surface area contributed by atoms with Gasteiger partial charge in [-0.2, -0.15) is 0 Å². The molecule has 1 aromatic rings. The highest BCUT2D eigenvalue weighted by Gasteiger charge is 2.21. The highest BCUT2D eigenvalue weighted by Crippen LogP contribution is 2.25. The lowest BCUT2D eigenvalue weighted by Gasteiger charge is -2.22. The SMILES string of the molecule is CC1CC(=O)c2cc(F)ccc2N1. The number of nitrogens with one attached hydrogen (secondary N) is 1. The van der Waals surface area contributed by atoms with Gasteiger partial charge in [0.25, 0.3) is 0 Å². The van der Waals surface area contributed by atoms with Gasteiger partial charge in [-0.05, 0) is 25.1 Å². The van der Waals surface area contributed by atoms with Crippen LogP contribution in [-0.4, -0.2) is 11.8 Å². The van der Waals surface area contributed by atoms with Gasteiger partial charge in [0.2, 0.25) is 0 Å². The van der Waals surface area contributed by atoms with Gasteiger partial charge in [-0.1, -0.05) is 0 Å². The number of hydrogen-bond acceptors (Lipinski definition) is 2. The number of carbonyl (C=O) groups excluding carboxylic acids is 1. The molecule has 1 unspecified atom stereocenters. The van der Waals surface area contributed by atoms with E-state index < -0.39 is 0 Å². The minimum Gasteiger partial charge on any atom is -0.382 e. The second-order valence-electron chi connectivity index (χ2n) is 3.36. The van der Waals surface area contributed by atoms with Crippen LogP contribution in [0.2, 0.25) is 0 Å². The summed E-state index contributed by atoms with van der Waals surface area (Å²) < 4.78 is 12.8. The normalized spacial score (nSPS) is 20.8. The van der Waals surface area contributed by atoms with Crippen LogP contribution < -0.4 is 5.32 Å². The number of halogens is 1. The molecule has 1 aromatic carbocycles. The molecule has 13 heavy (non-hydrogen) atoms. The summed E-state index contributed by atoms with van der Waals surface area (Å²) in [4.78, 5) is 11.4. The Labute approximate surface area is 75.8 Å². The van der Waals surface area contributed by atoms with E-state index in [9.17, 15) is 9.18 Å². The van der Waals surface area contributed by atoms with Crippen LogP contribution in [0.25, 0.3) is 0 Å². The fraction of sp³-hybridized carbons (Fsp3) is 0.300. The Hall–Kier alpha value is -1.38. The van der Waals surface area contributed by atoms with Gasteiger partial charge >= 0.3 is 0 Å². The summed E-state index contributed by atoms with van der Waals surface area (Å²) >= 11 is 0. The van der Waals surface area contributed by atoms with Crippen molar-refractivity contribution in [2.45, 2.75) is 19.4 Å². The lowest BCUT2D eigenvalue weighted by Crippen LogP contribution is -2.26. The number of ketones is 1. The van der Waals surface area contributed by atoms with Crippen molar-refractivity contribution in [3.05, 3.63) is 29.6 Å². The standard InChI is InChI=1S/C10H10FNO/c1-6-4-10(13)8-5-7(11)2-3-9(8)12-6/h2-3,5-6,12H,4H2,1H3. The van der Waals surface area contributed by atoms with Crippen LogP contribution in [0.1, 0.15) is 23.7 Å². The summed E-state index contributed by atoms with van der Waals surface area (Å²) in [5.41, 5.74) is 1.21. The molecule has 0 radical (unpaired) electrons. The Kier molecular flexibility index (Phi) is 1.79. The summed E-state index contributed by atoms with van der Waals surface area (Å²) in [6.07, 6.45) is 0.441. The maximum absolute atomic E-state index is 12.8. The molecule has 0 spiro atoms. The fourth-order valence-electron chi connectivity index (χ4n) is 1.58. The molecule has 0 aromatic heterocycles. The maximum Gasteiger partial charge on any atom is 0.167 e. The van der Waals surface area contributed by atoms with Gasteiger partial charge in [0, 0.05) is 23.7 Å². The van der Waals surface area contributed by atoms with Crippen LogP contribution in [-0.2, 0) is 0 Å². The summed E-state index contributed by atoms with van der Waals surface area (Å²) in [5, 5.41) is 3.13. The lowest BCUT2D eigenvalue weighted by molar-refractivity contribution is 0.0974. The summed E-state index contributed by atoms with van der Waals surface area (Å²) in [7, 11) is 0. The number of anilines is 1. The van der Waals surface area contributed by atoms with Gasteiger partial charge in [-0.15, -0.1) is 0 Å². The van der Waals surface area contributed by atoms with E-state index in [4.69, 9.17) is 0 Å². The van der Waals surface area contributed by atoms with E-state index in [1.54, 1.807) is 6.07 Å². The largest absolute Gasteiger partial charge is 0.382 e. The van der Waals surface area contributed by atoms with E-state index in [1.807, 2.05) is 6.92 Å². The number of hydrogen-bond donors (Lipinski definition) is 1. The molecule has 1 N–H and O–H groups in total. The zero-order valence-electron chi connectivity index (χ0n) is 7.30. The topological polar surface area (TPSA) is 29.1 Å². The predicted molar refractivity (Wildman–Crippen MR) is 48.4 cm³/mol. The fourth-order valence-corrected chi connectivity index (χ4v) is 1.58. The molecule has 2 nitrogen and oxygen atoms in total. The maximum atomic E-state index is 12.8. The first kappa shape index (κ1) is 8.23. The summed E-state index contributed by atoms with van der Waals surface area (Å²) in [6, 6.07) is 4.40. The molecule has 0 amide bonds. The van der Waals surface area contributed by atoms with Crippen molar-refractivity contribution in [3.8, 4) is 0 Å². The van der Waals surface area contributed by atoms with Crippen molar-refractivity contribution >= 4 is 11.5 Å². The third kappa shape index (κ3) is 1.41. The third-order valence-corrected chi connectivity index (χ3v) is 2.18. The minimum atomic E-state index is -0.358. The molecule has 0 saturated carbocycles. The number of benzene rings is 1. The zero-order valence-corrected chi connectivity index (χ0v) is 7.30. The van der Waals surface area contributed by atoms with Crippen molar-refractivity contribution in [2.75, 3.05) is 5.32 Å². The van der Waals surface area contributed by atoms with Gasteiger partial charge in [0.15, 0.2) is 5.78 Å². The van der Waals surface area contributed by atoms with Crippen LogP contribution in [0.15, 0.2) is 18.2 Å². The molecule has 1 aliphatic rings. The van der Waals surface area contributed by atoms with Crippen molar-refractivity contribution in [1.29, 1.82) is 0 Å². The molecular formula is C10H10FNO. The average molecular weight is 179 g/mol. The first-order valence-electron chi connectivity index (χ1n) is 4.26. The Balaban J connectivity index is 2.49. The first-order valence-corrected chi connectivity index (χ1v) is 4.26. The number of Topliss-reactive ketones (excluding diaryl/α,β-unsaturated/α-hetero) is 1. The van der Waals surface area contributed by atoms with Crippen molar-refractivity contribution in [1.82, 2.24) is 0 Å². The molecular weight excluding hydrogens is 169 g/mol. The van der Waals surface area contributed by atoms with Crippen molar-refractivity contribution < 1.29 is 9.18 Å². The first-order chi connectivity index (χ1) is 6.16. The van der Waals surface area contributed by atoms with E-state index in [2.05, 4.69) is 5.32 Å². The zero-order chi connectivity index (χ0) is 9.42. The van der Waals surface area contributed by atoms with E-state index in [-0.39, 0.29) is 17.6 Å². The second-order valence-corrected chi connectivity index (χ2v) is 3.36. The lowest BCUT2D eigenvalue weighted by atomic mass is 9.98. The number of fused-ring (bicyclic) bond motifs is 1. The van der Waals surface area contributed by atoms with E-state index in [0.717, 1.165) is 5.69 Å². The Bertz CT molecular complexity index is 362. The van der Waals surface area contributed by atoms with Gasteiger partial charge in [0.1, 0.15) is 5.82 Å². The summed E-state index contributed by atoms with van der Waals surface area (Å²) in [6.45, 7) is 1.93. The molecule has 0 fully saturated rings. The van der Waals surface area contributed by atoms with Crippen molar-refractivity contribution in [2.24, 2.45) is 0 Å². The van der Waals surface area contributed by atoms with E-state index in [0.29, 0.717) is 12.0 Å². The van der Waals surface area contributed by atoms with Crippen LogP contribution in [0.4, 0.5) is 10.1 Å². The Morgan fingerprint density at radius 3 is 3.08 bits per heavy atom. The third-order valence-electron chi connectivity index (χ3n) is 2.18. The van der Waals surface area contributed by atoms with E-state index >= 15 is 0 Å². The number of rotatable bonds is 0. The van der Waals surface area contributed by atoms with E-state index in [1.165, 1.54) is 12.1 Å². The van der Waals surface area contributed by atoms with Crippen LogP contribution in [0, 0.1) is 5.82 Å². The van der Waals surface area contributed by atoms with Gasteiger partial charge in [0.05, 0.1) is 0 Å². The molecule has 68 valence electrons. The van der Waals surface area contributed by atoms with Crippen LogP contribution in [0.3, 0.4) is 0 Å². The van der Waals surface area contributed by atoms with Crippen LogP contribution in [0.5, 0.6) is 0 Å². The quantitative estimate of drug-likeness (QED) is 0.661. The second kappa shape index (κ2) is 2.83. The molecule has 1 aliphatic heterocycles. The molecule has 1 atom stereocenters. The molecule has 1 heterocycles. The smallest absolute Gasteiger partial charge is 0.167 e. The Morgan fingerprint density at radius 1 is 1.54 bits per heavy atom. The average Bonchev–Trinajstić information content (AvgIpc) is 2.06. The molecule has 2 rings (SSSR count). The monoisotopic (exact) mass is 179 g/mol. The highest BCUT2D eigenvalue weighted by atomic mass is 19.1. The molecule has 0 saturated heterocycles. The molecule has 0 bridgehead atoms. The van der Waals surface area contributed by atoms with Crippen molar-refractivity contribution in [3.63, 3.8) is 0 Å². The molecule has 0 aliphatic carbocycles. The Morgan fingerprint density at radius 2 is 2.31 bits per heavy atom. The van der Waals surface area contributed by atoms with Gasteiger partial charge in [-0.25, -0.2) is 4.39 Å². The van der Waals surface area contributed by atoms with Gasteiger partial charge < -0.3 is 5.32 Å². The van der Waals surface area contributed by atoms with Crippen LogP contribution >= 0.6 is 0 Å². The molecule has 3 heteroatoms. The number of carbonyl (C=O) groups is 1. The predicted octanol–water partition coefficient (Wildman–Crippen LogP) is 2.21. The summed E-state index contributed by atoms with van der Waals surface area (Å²) in [5.74, 6) is -0.343. The van der Waals surface area contributed by atoms with Gasteiger partial charge in [-0.3, -0.25) is 4.79 Å².